The Kier molecular flexibility index (Phi) is 4.15. The number of carbonyl (C=O) groups excluding carboxylic acids is 1. The number of nitrogens with zero attached hydrogens (tertiary/aromatic N) is 1. The van der Waals surface area contributed by atoms with Gasteiger partial charge in [0.15, 0.2) is 0 Å². The van der Waals surface area contributed by atoms with Crippen LogP contribution < -0.4 is 10.5 Å². The van der Waals surface area contributed by atoms with Gasteiger partial charge in [-0.25, -0.2) is 0 Å². The van der Waals surface area contributed by atoms with Crippen molar-refractivity contribution < 1.29 is 9.53 Å². The van der Waals surface area contributed by atoms with E-state index in [0.717, 1.165) is 37.1 Å². The highest BCUT2D eigenvalue weighted by molar-refractivity contribution is 5.85. The van der Waals surface area contributed by atoms with Gasteiger partial charge in [0.05, 0.1) is 12.5 Å². The van der Waals surface area contributed by atoms with Crippen molar-refractivity contribution in [1.82, 2.24) is 4.90 Å². The van der Waals surface area contributed by atoms with Crippen LogP contribution in [-0.2, 0) is 4.79 Å². The van der Waals surface area contributed by atoms with Crippen molar-refractivity contribution in [1.29, 1.82) is 0 Å². The highest BCUT2D eigenvalue weighted by Gasteiger charge is 2.36. The second kappa shape index (κ2) is 6.06. The van der Waals surface area contributed by atoms with Gasteiger partial charge in [-0.3, -0.25) is 4.79 Å². The maximum absolute atomic E-state index is 13.0. The number of hydrogen-bond donors (Lipinski definition) is 1. The first-order chi connectivity index (χ1) is 10.2. The Hall–Kier alpha value is -1.55. The molecule has 3 atom stereocenters. The summed E-state index contributed by atoms with van der Waals surface area (Å²) < 4.78 is 5.67. The van der Waals surface area contributed by atoms with E-state index in [9.17, 15) is 4.79 Å². The number of carbonyl (C=O) groups is 1. The summed E-state index contributed by atoms with van der Waals surface area (Å²) in [4.78, 5) is 15.1. The summed E-state index contributed by atoms with van der Waals surface area (Å²) in [7, 11) is 0. The van der Waals surface area contributed by atoms with Crippen LogP contribution in [0.25, 0.3) is 0 Å². The van der Waals surface area contributed by atoms with Crippen molar-refractivity contribution in [2.24, 2.45) is 11.7 Å². The van der Waals surface area contributed by atoms with Gasteiger partial charge < -0.3 is 15.4 Å². The Morgan fingerprint density at radius 1 is 1.38 bits per heavy atom. The summed E-state index contributed by atoms with van der Waals surface area (Å²) in [5, 5.41) is 0. The Morgan fingerprint density at radius 3 is 3.00 bits per heavy atom. The average Bonchev–Trinajstić information content (AvgIpc) is 2.53. The molecular weight excluding hydrogens is 264 g/mol. The molecule has 1 saturated heterocycles. The van der Waals surface area contributed by atoms with E-state index in [2.05, 4.69) is 6.92 Å². The van der Waals surface area contributed by atoms with Crippen molar-refractivity contribution in [2.45, 2.75) is 38.1 Å². The minimum atomic E-state index is -0.0747. The largest absolute Gasteiger partial charge is 0.493 e. The first-order valence-corrected chi connectivity index (χ1v) is 7.94. The molecule has 114 valence electrons. The van der Waals surface area contributed by atoms with Crippen LogP contribution in [0.4, 0.5) is 0 Å². The molecular formula is C17H24N2O2. The summed E-state index contributed by atoms with van der Waals surface area (Å²) in [6.07, 6.45) is 3.00. The van der Waals surface area contributed by atoms with Crippen LogP contribution in [0.15, 0.2) is 24.3 Å². The van der Waals surface area contributed by atoms with Crippen molar-refractivity contribution in [3.63, 3.8) is 0 Å². The Labute approximate surface area is 126 Å². The van der Waals surface area contributed by atoms with E-state index < -0.39 is 0 Å². The lowest BCUT2D eigenvalue weighted by Gasteiger charge is -2.41. The second-order valence-corrected chi connectivity index (χ2v) is 6.18. The number of rotatable bonds is 2. The standard InChI is InChI=1S/C17H24N2O2/c1-12-5-4-9-19(15(12)11-18)17(20)14-8-10-21-16-7-3-2-6-13(14)16/h2-3,6-7,12,14-15H,4-5,8-11,18H2,1H3/t12-,14+,15+/m1/s1. The number of nitrogens with two attached hydrogens (primary N) is 1. The van der Waals surface area contributed by atoms with Crippen molar-refractivity contribution >= 4 is 5.91 Å². The zero-order chi connectivity index (χ0) is 14.8. The molecule has 2 aliphatic heterocycles. The number of amides is 1. The molecule has 3 rings (SSSR count). The third-order valence-corrected chi connectivity index (χ3v) is 4.90. The fourth-order valence-electron chi connectivity index (χ4n) is 3.68. The van der Waals surface area contributed by atoms with Crippen LogP contribution in [0.3, 0.4) is 0 Å². The first-order valence-electron chi connectivity index (χ1n) is 7.94. The van der Waals surface area contributed by atoms with Gasteiger partial charge in [-0.1, -0.05) is 25.1 Å². The monoisotopic (exact) mass is 288 g/mol. The maximum atomic E-state index is 13.0. The van der Waals surface area contributed by atoms with Gasteiger partial charge in [0.25, 0.3) is 0 Å². The van der Waals surface area contributed by atoms with E-state index in [1.54, 1.807) is 0 Å². The molecule has 0 aliphatic carbocycles. The van der Waals surface area contributed by atoms with E-state index in [1.807, 2.05) is 29.2 Å². The van der Waals surface area contributed by atoms with Crippen molar-refractivity contribution in [2.75, 3.05) is 19.7 Å². The smallest absolute Gasteiger partial charge is 0.230 e. The molecule has 1 fully saturated rings. The number of ether oxygens (including phenoxy) is 1. The van der Waals surface area contributed by atoms with E-state index in [1.165, 1.54) is 0 Å². The molecule has 2 N–H and O–H groups in total. The molecule has 0 spiro atoms. The summed E-state index contributed by atoms with van der Waals surface area (Å²) in [5.41, 5.74) is 6.96. The fraction of sp³-hybridized carbons (Fsp3) is 0.588. The number of hydrogen-bond acceptors (Lipinski definition) is 3. The molecule has 1 amide bonds. The Morgan fingerprint density at radius 2 is 2.19 bits per heavy atom. The molecule has 0 unspecified atom stereocenters. The Balaban J connectivity index is 1.85. The molecule has 1 aromatic rings. The number of fused-ring (bicyclic) bond motifs is 1. The van der Waals surface area contributed by atoms with E-state index >= 15 is 0 Å². The van der Waals surface area contributed by atoms with Crippen LogP contribution in [0.2, 0.25) is 0 Å². The lowest BCUT2D eigenvalue weighted by atomic mass is 9.86. The fourth-order valence-corrected chi connectivity index (χ4v) is 3.68. The third kappa shape index (κ3) is 2.64. The minimum absolute atomic E-state index is 0.0747. The predicted octanol–water partition coefficient (Wildman–Crippen LogP) is 2.14. The van der Waals surface area contributed by atoms with E-state index in [0.29, 0.717) is 19.1 Å². The number of para-hydroxylation sites is 1. The molecule has 4 heteroatoms. The SMILES string of the molecule is C[C@@H]1CCCN(C(=O)[C@H]2CCOc3ccccc32)[C@H]1CN. The van der Waals surface area contributed by atoms with Gasteiger partial charge >= 0.3 is 0 Å². The van der Waals surface area contributed by atoms with E-state index in [-0.39, 0.29) is 17.9 Å². The van der Waals surface area contributed by atoms with Crippen LogP contribution in [-0.4, -0.2) is 36.5 Å². The first kappa shape index (κ1) is 14.4. The zero-order valence-electron chi connectivity index (χ0n) is 12.6. The van der Waals surface area contributed by atoms with Gasteiger partial charge in [-0.15, -0.1) is 0 Å². The van der Waals surface area contributed by atoms with E-state index in [4.69, 9.17) is 10.5 Å². The van der Waals surface area contributed by atoms with Gasteiger partial charge in [-0.2, -0.15) is 0 Å². The highest BCUT2D eigenvalue weighted by Crippen LogP contribution is 2.36. The summed E-state index contributed by atoms with van der Waals surface area (Å²) >= 11 is 0. The quantitative estimate of drug-likeness (QED) is 0.907. The molecule has 1 aromatic carbocycles. The molecule has 21 heavy (non-hydrogen) atoms. The van der Waals surface area contributed by atoms with Crippen molar-refractivity contribution in [3.05, 3.63) is 29.8 Å². The van der Waals surface area contributed by atoms with Gasteiger partial charge in [0.2, 0.25) is 5.91 Å². The molecule has 2 heterocycles. The summed E-state index contributed by atoms with van der Waals surface area (Å²) in [6, 6.07) is 8.08. The molecule has 0 bridgehead atoms. The lowest BCUT2D eigenvalue weighted by molar-refractivity contribution is -0.138. The molecule has 0 saturated carbocycles. The molecule has 2 aliphatic rings. The Bertz CT molecular complexity index is 517. The van der Waals surface area contributed by atoms with Gasteiger partial charge in [0, 0.05) is 24.7 Å². The van der Waals surface area contributed by atoms with Crippen LogP contribution >= 0.6 is 0 Å². The van der Waals surface area contributed by atoms with Crippen LogP contribution in [0, 0.1) is 5.92 Å². The van der Waals surface area contributed by atoms with Gasteiger partial charge in [-0.05, 0) is 31.2 Å². The number of piperidine rings is 1. The van der Waals surface area contributed by atoms with Crippen molar-refractivity contribution in [3.8, 4) is 5.75 Å². The average molecular weight is 288 g/mol. The minimum Gasteiger partial charge on any atom is -0.493 e. The third-order valence-electron chi connectivity index (χ3n) is 4.90. The van der Waals surface area contributed by atoms with Crippen LogP contribution in [0.5, 0.6) is 5.75 Å². The molecule has 4 nitrogen and oxygen atoms in total. The topological polar surface area (TPSA) is 55.6 Å². The normalized spacial score (nSPS) is 28.7. The molecule has 0 aromatic heterocycles. The van der Waals surface area contributed by atoms with Crippen LogP contribution in [0.1, 0.15) is 37.7 Å². The maximum Gasteiger partial charge on any atom is 0.230 e. The zero-order valence-corrected chi connectivity index (χ0v) is 12.6. The predicted molar refractivity (Wildman–Crippen MR) is 82.2 cm³/mol. The summed E-state index contributed by atoms with van der Waals surface area (Å²) in [6.45, 7) is 4.21. The highest BCUT2D eigenvalue weighted by atomic mass is 16.5. The molecule has 0 radical (unpaired) electrons. The second-order valence-electron chi connectivity index (χ2n) is 6.18. The van der Waals surface area contributed by atoms with Gasteiger partial charge in [0.1, 0.15) is 5.75 Å². The number of likely N-dealkylation sites (tertiary alicyclic amines) is 1. The summed E-state index contributed by atoms with van der Waals surface area (Å²) in [5.74, 6) is 1.50. The lowest BCUT2D eigenvalue weighted by Crippen LogP contribution is -2.53. The number of benzene rings is 1.